The predicted molar refractivity (Wildman–Crippen MR) is 164 cm³/mol. The molecule has 40 heavy (non-hydrogen) atoms. The number of benzene rings is 3. The first-order valence-corrected chi connectivity index (χ1v) is 15.7. The molecule has 0 saturated heterocycles. The summed E-state index contributed by atoms with van der Waals surface area (Å²) in [5.41, 5.74) is 3.17. The predicted octanol–water partition coefficient (Wildman–Crippen LogP) is 6.02. The van der Waals surface area contributed by atoms with E-state index in [2.05, 4.69) is 35.1 Å². The number of halogens is 1. The third-order valence-corrected chi connectivity index (χ3v) is 8.98. The minimum atomic E-state index is -4.09. The molecule has 0 radical (unpaired) electrons. The van der Waals surface area contributed by atoms with Gasteiger partial charge in [0.2, 0.25) is 11.8 Å². The summed E-state index contributed by atoms with van der Waals surface area (Å²) in [5, 5.41) is 2.85. The van der Waals surface area contributed by atoms with E-state index in [1.54, 1.807) is 43.3 Å². The molecule has 9 heteroatoms. The Kier molecular flexibility index (Phi) is 10.9. The molecule has 0 heterocycles. The smallest absolute Gasteiger partial charge is 0.264 e. The van der Waals surface area contributed by atoms with Gasteiger partial charge in [0.05, 0.1) is 10.6 Å². The van der Waals surface area contributed by atoms with E-state index in [4.69, 9.17) is 0 Å². The number of sulfonamides is 1. The summed E-state index contributed by atoms with van der Waals surface area (Å²) in [4.78, 5) is 28.5. The zero-order valence-corrected chi connectivity index (χ0v) is 26.1. The number of hydrogen-bond donors (Lipinski definition) is 1. The van der Waals surface area contributed by atoms with Crippen LogP contribution in [0, 0.1) is 6.92 Å². The molecule has 0 aliphatic carbocycles. The number of carbonyl (C=O) groups is 2. The minimum absolute atomic E-state index is 0.0890. The van der Waals surface area contributed by atoms with Gasteiger partial charge in [-0.05, 0) is 73.7 Å². The molecule has 214 valence electrons. The molecular formula is C31H38BrN3O4S. The summed E-state index contributed by atoms with van der Waals surface area (Å²) in [6, 6.07) is 20.4. The molecule has 0 unspecified atom stereocenters. The number of rotatable bonds is 12. The monoisotopic (exact) mass is 627 g/mol. The van der Waals surface area contributed by atoms with Crippen LogP contribution in [0.15, 0.2) is 82.2 Å². The second-order valence-electron chi connectivity index (χ2n) is 10.2. The van der Waals surface area contributed by atoms with Crippen LogP contribution in [0.2, 0.25) is 0 Å². The fourth-order valence-electron chi connectivity index (χ4n) is 4.20. The molecule has 3 aromatic carbocycles. The molecule has 0 aliphatic rings. The van der Waals surface area contributed by atoms with Gasteiger partial charge >= 0.3 is 0 Å². The van der Waals surface area contributed by atoms with Gasteiger partial charge < -0.3 is 10.2 Å². The number of carbonyl (C=O) groups excluding carboxylic acids is 2. The Bertz CT molecular complexity index is 1410. The van der Waals surface area contributed by atoms with Crippen LogP contribution in [-0.4, -0.2) is 44.3 Å². The molecule has 2 amide bonds. The van der Waals surface area contributed by atoms with Crippen molar-refractivity contribution in [3.8, 4) is 0 Å². The van der Waals surface area contributed by atoms with Crippen LogP contribution in [0.1, 0.15) is 56.7 Å². The quantitative estimate of drug-likeness (QED) is 0.266. The SMILES string of the molecule is CCCNC(=O)[C@@H](C)N(Cc1cccc(Br)c1)C(=O)CN(c1ccc(C(C)C)cc1)S(=O)(=O)c1ccc(C)cc1. The first kappa shape index (κ1) is 31.4. The highest BCUT2D eigenvalue weighted by Crippen LogP contribution is 2.27. The lowest BCUT2D eigenvalue weighted by Crippen LogP contribution is -2.51. The third-order valence-electron chi connectivity index (χ3n) is 6.69. The molecule has 0 aromatic heterocycles. The van der Waals surface area contributed by atoms with Gasteiger partial charge in [0.1, 0.15) is 12.6 Å². The highest BCUT2D eigenvalue weighted by molar-refractivity contribution is 9.10. The normalized spacial score (nSPS) is 12.2. The van der Waals surface area contributed by atoms with E-state index in [-0.39, 0.29) is 23.3 Å². The van der Waals surface area contributed by atoms with Gasteiger partial charge in [-0.3, -0.25) is 13.9 Å². The van der Waals surface area contributed by atoms with Crippen LogP contribution >= 0.6 is 15.9 Å². The van der Waals surface area contributed by atoms with Gasteiger partial charge in [-0.25, -0.2) is 8.42 Å². The first-order valence-electron chi connectivity index (χ1n) is 13.4. The number of nitrogens with one attached hydrogen (secondary N) is 1. The van der Waals surface area contributed by atoms with Crippen LogP contribution in [0.3, 0.4) is 0 Å². The third kappa shape index (κ3) is 7.95. The summed E-state index contributed by atoms with van der Waals surface area (Å²) in [6.45, 7) is 9.78. The molecule has 3 aromatic rings. The zero-order valence-electron chi connectivity index (χ0n) is 23.7. The highest BCUT2D eigenvalue weighted by atomic mass is 79.9. The second-order valence-corrected chi connectivity index (χ2v) is 13.0. The highest BCUT2D eigenvalue weighted by Gasteiger charge is 2.32. The number of nitrogens with zero attached hydrogens (tertiary/aromatic N) is 2. The summed E-state index contributed by atoms with van der Waals surface area (Å²) >= 11 is 3.46. The molecule has 3 rings (SSSR count). The maximum atomic E-state index is 14.0. The Morgan fingerprint density at radius 2 is 1.60 bits per heavy atom. The van der Waals surface area contributed by atoms with Gasteiger partial charge in [-0.15, -0.1) is 0 Å². The average molecular weight is 629 g/mol. The van der Waals surface area contributed by atoms with Crippen molar-refractivity contribution in [2.75, 3.05) is 17.4 Å². The number of anilines is 1. The van der Waals surface area contributed by atoms with Gasteiger partial charge in [-0.1, -0.05) is 78.7 Å². The van der Waals surface area contributed by atoms with Crippen molar-refractivity contribution in [3.63, 3.8) is 0 Å². The average Bonchev–Trinajstić information content (AvgIpc) is 2.93. The Morgan fingerprint density at radius 3 is 2.17 bits per heavy atom. The van der Waals surface area contributed by atoms with E-state index in [1.807, 2.05) is 50.2 Å². The summed E-state index contributed by atoms with van der Waals surface area (Å²) in [7, 11) is -4.09. The lowest BCUT2D eigenvalue weighted by Gasteiger charge is -2.32. The first-order chi connectivity index (χ1) is 18.9. The van der Waals surface area contributed by atoms with Crippen molar-refractivity contribution < 1.29 is 18.0 Å². The van der Waals surface area contributed by atoms with Crippen LogP contribution in [0.4, 0.5) is 5.69 Å². The zero-order chi connectivity index (χ0) is 29.4. The van der Waals surface area contributed by atoms with Crippen molar-refractivity contribution in [1.82, 2.24) is 10.2 Å². The Balaban J connectivity index is 2.03. The maximum Gasteiger partial charge on any atom is 0.264 e. The number of aryl methyl sites for hydroxylation is 1. The van der Waals surface area contributed by atoms with E-state index >= 15 is 0 Å². The molecule has 0 bridgehead atoms. The second kappa shape index (κ2) is 13.9. The van der Waals surface area contributed by atoms with Crippen molar-refractivity contribution in [2.45, 2.75) is 64.4 Å². The molecule has 0 saturated carbocycles. The van der Waals surface area contributed by atoms with Crippen molar-refractivity contribution in [3.05, 3.63) is 94.0 Å². The van der Waals surface area contributed by atoms with Gasteiger partial charge in [0, 0.05) is 17.6 Å². The Morgan fingerprint density at radius 1 is 0.950 bits per heavy atom. The van der Waals surface area contributed by atoms with E-state index in [0.717, 1.165) is 31.9 Å². The molecule has 0 spiro atoms. The largest absolute Gasteiger partial charge is 0.354 e. The lowest BCUT2D eigenvalue weighted by atomic mass is 10.0. The Hall–Kier alpha value is -3.17. The van der Waals surface area contributed by atoms with E-state index in [1.165, 1.54) is 4.90 Å². The van der Waals surface area contributed by atoms with E-state index in [9.17, 15) is 18.0 Å². The van der Waals surface area contributed by atoms with Crippen LogP contribution < -0.4 is 9.62 Å². The van der Waals surface area contributed by atoms with Crippen molar-refractivity contribution >= 4 is 43.5 Å². The summed E-state index contributed by atoms with van der Waals surface area (Å²) < 4.78 is 29.9. The number of amides is 2. The minimum Gasteiger partial charge on any atom is -0.354 e. The van der Waals surface area contributed by atoms with E-state index in [0.29, 0.717) is 12.2 Å². The van der Waals surface area contributed by atoms with Gasteiger partial charge in [-0.2, -0.15) is 0 Å². The standard InChI is InChI=1S/C31H38BrN3O4S/c1-6-18-33-31(37)24(5)34(20-25-8-7-9-27(32)19-25)30(36)21-35(28-14-12-26(13-15-28)22(2)3)40(38,39)29-16-10-23(4)11-17-29/h7-17,19,22,24H,6,18,20-21H2,1-5H3,(H,33,37)/t24-/m1/s1. The molecular weight excluding hydrogens is 590 g/mol. The van der Waals surface area contributed by atoms with Crippen molar-refractivity contribution in [1.29, 1.82) is 0 Å². The molecule has 1 N–H and O–H groups in total. The molecule has 0 fully saturated rings. The molecule has 7 nitrogen and oxygen atoms in total. The lowest BCUT2D eigenvalue weighted by molar-refractivity contribution is -0.139. The maximum absolute atomic E-state index is 14.0. The van der Waals surface area contributed by atoms with Crippen LogP contribution in [0.5, 0.6) is 0 Å². The Labute approximate surface area is 246 Å². The van der Waals surface area contributed by atoms with Gasteiger partial charge in [0.25, 0.3) is 10.0 Å². The fraction of sp³-hybridized carbons (Fsp3) is 0.355. The van der Waals surface area contributed by atoms with Crippen LogP contribution in [0.25, 0.3) is 0 Å². The van der Waals surface area contributed by atoms with E-state index < -0.39 is 28.5 Å². The fourth-order valence-corrected chi connectivity index (χ4v) is 6.06. The topological polar surface area (TPSA) is 86.8 Å². The van der Waals surface area contributed by atoms with Gasteiger partial charge in [0.15, 0.2) is 0 Å². The molecule has 1 atom stereocenters. The summed E-state index contributed by atoms with van der Waals surface area (Å²) in [6.07, 6.45) is 0.757. The summed E-state index contributed by atoms with van der Waals surface area (Å²) in [5.74, 6) is -0.511. The van der Waals surface area contributed by atoms with Crippen LogP contribution in [-0.2, 0) is 26.2 Å². The van der Waals surface area contributed by atoms with Crippen molar-refractivity contribution in [2.24, 2.45) is 0 Å². The number of hydrogen-bond acceptors (Lipinski definition) is 4. The molecule has 0 aliphatic heterocycles.